The minimum atomic E-state index is -0.682. The van der Waals surface area contributed by atoms with Crippen molar-refractivity contribution in [1.82, 2.24) is 14.5 Å². The summed E-state index contributed by atoms with van der Waals surface area (Å²) in [5, 5.41) is 0. The minimum absolute atomic E-state index is 0.00944. The summed E-state index contributed by atoms with van der Waals surface area (Å²) in [5.74, 6) is -0.263. The number of amides is 2. The fraction of sp³-hybridized carbons (Fsp3) is 0.429. The van der Waals surface area contributed by atoms with E-state index >= 15 is 0 Å². The predicted octanol–water partition coefficient (Wildman–Crippen LogP) is -1.73. The molecule has 1 aromatic heterocycles. The number of carbonyl (C=O) groups excluding carboxylic acids is 2. The molecule has 3 rings (SSSR count). The third-order valence-electron chi connectivity index (χ3n) is 5.60. The molecule has 0 radical (unpaired) electrons. The maximum atomic E-state index is 13.0. The first-order valence-electron chi connectivity index (χ1n) is 10.4. The lowest BCUT2D eigenvalue weighted by Gasteiger charge is -2.32. The standard InChI is InChI=1S/C21H28N6O4/c1-3-26(17(29)14-24-9-11-25(12-10-24)15(2)28)18-19(22)27(21(31)23-20(18)30)13-16-7-5-4-6-8-16/h4-8H,3,9-14,22H2,1-2H3,(H,23,30,31)/p+1. The number of anilines is 2. The summed E-state index contributed by atoms with van der Waals surface area (Å²) in [7, 11) is 0. The van der Waals surface area contributed by atoms with Gasteiger partial charge in [-0.1, -0.05) is 30.3 Å². The third-order valence-corrected chi connectivity index (χ3v) is 5.60. The highest BCUT2D eigenvalue weighted by molar-refractivity contribution is 5.96. The van der Waals surface area contributed by atoms with Crippen molar-refractivity contribution in [2.45, 2.75) is 20.4 Å². The summed E-state index contributed by atoms with van der Waals surface area (Å²) in [5.41, 5.74) is 5.76. The number of hydrogen-bond donors (Lipinski definition) is 3. The summed E-state index contributed by atoms with van der Waals surface area (Å²) in [4.78, 5) is 55.9. The monoisotopic (exact) mass is 429 g/mol. The van der Waals surface area contributed by atoms with Gasteiger partial charge in [-0.05, 0) is 12.5 Å². The van der Waals surface area contributed by atoms with Crippen molar-refractivity contribution in [1.29, 1.82) is 0 Å². The van der Waals surface area contributed by atoms with Gasteiger partial charge in [0.05, 0.1) is 32.7 Å². The lowest BCUT2D eigenvalue weighted by atomic mass is 10.2. The Balaban J connectivity index is 1.83. The number of hydrogen-bond acceptors (Lipinski definition) is 5. The number of rotatable bonds is 6. The van der Waals surface area contributed by atoms with Crippen molar-refractivity contribution < 1.29 is 14.5 Å². The molecular formula is C21H29N6O4+. The van der Waals surface area contributed by atoms with Gasteiger partial charge in [0.1, 0.15) is 5.82 Å². The Morgan fingerprint density at radius 2 is 1.81 bits per heavy atom. The van der Waals surface area contributed by atoms with Crippen molar-refractivity contribution in [2.75, 3.05) is 49.9 Å². The van der Waals surface area contributed by atoms with Crippen LogP contribution in [0.1, 0.15) is 19.4 Å². The summed E-state index contributed by atoms with van der Waals surface area (Å²) in [6.45, 7) is 6.38. The fourth-order valence-electron chi connectivity index (χ4n) is 3.84. The smallest absolute Gasteiger partial charge is 0.330 e. The first-order chi connectivity index (χ1) is 14.8. The zero-order valence-corrected chi connectivity index (χ0v) is 17.9. The van der Waals surface area contributed by atoms with E-state index in [1.54, 1.807) is 11.8 Å². The Labute approximate surface area is 179 Å². The Morgan fingerprint density at radius 1 is 1.16 bits per heavy atom. The van der Waals surface area contributed by atoms with Crippen LogP contribution in [0.25, 0.3) is 0 Å². The topological polar surface area (TPSA) is 126 Å². The van der Waals surface area contributed by atoms with Crippen LogP contribution < -0.4 is 26.8 Å². The predicted molar refractivity (Wildman–Crippen MR) is 117 cm³/mol. The normalized spacial score (nSPS) is 14.5. The Bertz CT molecular complexity index is 1050. The highest BCUT2D eigenvalue weighted by atomic mass is 16.2. The average molecular weight is 430 g/mol. The van der Waals surface area contributed by atoms with Gasteiger partial charge in [0.2, 0.25) is 5.91 Å². The van der Waals surface area contributed by atoms with Crippen LogP contribution >= 0.6 is 0 Å². The number of carbonyl (C=O) groups is 2. The molecule has 2 aromatic rings. The minimum Gasteiger partial charge on any atom is -0.383 e. The van der Waals surface area contributed by atoms with Gasteiger partial charge in [0.25, 0.3) is 11.5 Å². The van der Waals surface area contributed by atoms with Crippen molar-refractivity contribution in [2.24, 2.45) is 0 Å². The van der Waals surface area contributed by atoms with Gasteiger partial charge in [-0.3, -0.25) is 28.8 Å². The molecule has 0 aliphatic carbocycles. The second-order valence-corrected chi connectivity index (χ2v) is 7.64. The molecule has 1 fully saturated rings. The number of aromatic nitrogens is 2. The molecule has 0 unspecified atom stereocenters. The molecule has 1 aromatic carbocycles. The van der Waals surface area contributed by atoms with E-state index in [2.05, 4.69) is 4.98 Å². The molecule has 2 heterocycles. The summed E-state index contributed by atoms with van der Waals surface area (Å²) in [6, 6.07) is 9.26. The molecule has 0 saturated carbocycles. The van der Waals surface area contributed by atoms with Crippen LogP contribution in [0.5, 0.6) is 0 Å². The number of H-pyrrole nitrogens is 1. The Kier molecular flexibility index (Phi) is 6.91. The number of likely N-dealkylation sites (N-methyl/N-ethyl adjacent to an activating group) is 1. The van der Waals surface area contributed by atoms with E-state index in [0.717, 1.165) is 10.5 Å². The van der Waals surface area contributed by atoms with E-state index < -0.39 is 11.2 Å². The zero-order valence-electron chi connectivity index (χ0n) is 17.9. The maximum absolute atomic E-state index is 13.0. The highest BCUT2D eigenvalue weighted by Crippen LogP contribution is 2.17. The maximum Gasteiger partial charge on any atom is 0.330 e. The molecule has 31 heavy (non-hydrogen) atoms. The van der Waals surface area contributed by atoms with Crippen molar-refractivity contribution in [3.05, 3.63) is 56.7 Å². The molecule has 10 heteroatoms. The number of nitrogens with two attached hydrogens (primary N) is 1. The van der Waals surface area contributed by atoms with Crippen LogP contribution in [-0.2, 0) is 16.1 Å². The molecule has 4 N–H and O–H groups in total. The molecule has 0 atom stereocenters. The van der Waals surface area contributed by atoms with E-state index in [1.807, 2.05) is 30.3 Å². The highest BCUT2D eigenvalue weighted by Gasteiger charge is 2.28. The van der Waals surface area contributed by atoms with Gasteiger partial charge in [-0.15, -0.1) is 0 Å². The third kappa shape index (κ3) is 5.02. The number of nitrogens with one attached hydrogen (secondary N) is 2. The van der Waals surface area contributed by atoms with E-state index in [1.165, 1.54) is 16.4 Å². The van der Waals surface area contributed by atoms with E-state index in [9.17, 15) is 19.2 Å². The van der Waals surface area contributed by atoms with Gasteiger partial charge in [-0.2, -0.15) is 0 Å². The molecule has 1 aliphatic rings. The lowest BCUT2D eigenvalue weighted by Crippen LogP contribution is -3.15. The van der Waals surface area contributed by atoms with Crippen LogP contribution in [0.15, 0.2) is 39.9 Å². The zero-order chi connectivity index (χ0) is 22.5. The summed E-state index contributed by atoms with van der Waals surface area (Å²) in [6.07, 6.45) is 0. The number of quaternary nitrogens is 1. The van der Waals surface area contributed by atoms with Crippen LogP contribution in [0, 0.1) is 0 Å². The Hall–Kier alpha value is -3.40. The molecule has 166 valence electrons. The number of nitrogen functional groups attached to an aromatic ring is 1. The first kappa shape index (κ1) is 22.3. The first-order valence-corrected chi connectivity index (χ1v) is 10.4. The van der Waals surface area contributed by atoms with Crippen LogP contribution in [0.2, 0.25) is 0 Å². The van der Waals surface area contributed by atoms with Crippen molar-refractivity contribution in [3.63, 3.8) is 0 Å². The van der Waals surface area contributed by atoms with Crippen molar-refractivity contribution in [3.8, 4) is 0 Å². The number of aromatic amines is 1. The molecule has 2 amide bonds. The number of piperazine rings is 1. The second-order valence-electron chi connectivity index (χ2n) is 7.64. The molecular weight excluding hydrogens is 400 g/mol. The summed E-state index contributed by atoms with van der Waals surface area (Å²) < 4.78 is 1.26. The quantitative estimate of drug-likeness (QED) is 0.503. The molecule has 0 spiro atoms. The SMILES string of the molecule is CCN(C(=O)C[NH+]1CCN(C(C)=O)CC1)c1c(N)n(Cc2ccccc2)c(=O)[nH]c1=O. The molecule has 10 nitrogen and oxygen atoms in total. The van der Waals surface area contributed by atoms with Crippen molar-refractivity contribution >= 4 is 23.3 Å². The summed E-state index contributed by atoms with van der Waals surface area (Å²) >= 11 is 0. The van der Waals surface area contributed by atoms with Crippen LogP contribution in [-0.4, -0.2) is 65.5 Å². The van der Waals surface area contributed by atoms with Crippen LogP contribution in [0.4, 0.5) is 11.5 Å². The molecule has 1 aliphatic heterocycles. The molecule has 1 saturated heterocycles. The molecule has 0 bridgehead atoms. The van der Waals surface area contributed by atoms with Crippen LogP contribution in [0.3, 0.4) is 0 Å². The Morgan fingerprint density at radius 3 is 2.39 bits per heavy atom. The van der Waals surface area contributed by atoms with E-state index in [-0.39, 0.29) is 43.0 Å². The number of nitrogens with zero attached hydrogens (tertiary/aromatic N) is 3. The largest absolute Gasteiger partial charge is 0.383 e. The van der Waals surface area contributed by atoms with Gasteiger partial charge in [0, 0.05) is 13.5 Å². The van der Waals surface area contributed by atoms with Gasteiger partial charge >= 0.3 is 5.69 Å². The lowest BCUT2D eigenvalue weighted by molar-refractivity contribution is -0.895. The number of benzene rings is 1. The van der Waals surface area contributed by atoms with E-state index in [0.29, 0.717) is 26.2 Å². The second kappa shape index (κ2) is 9.61. The van der Waals surface area contributed by atoms with Gasteiger partial charge in [0.15, 0.2) is 12.2 Å². The van der Waals surface area contributed by atoms with Gasteiger partial charge in [-0.25, -0.2) is 4.79 Å². The van der Waals surface area contributed by atoms with Gasteiger partial charge < -0.3 is 15.5 Å². The fourth-order valence-corrected chi connectivity index (χ4v) is 3.84. The average Bonchev–Trinajstić information content (AvgIpc) is 2.75. The van der Waals surface area contributed by atoms with E-state index in [4.69, 9.17) is 5.73 Å².